The largest absolute Gasteiger partial charge is 0.450 e. The topological polar surface area (TPSA) is 97.6 Å². The minimum absolute atomic E-state index is 0.0154. The summed E-state index contributed by atoms with van der Waals surface area (Å²) < 4.78 is 10.3. The zero-order valence-electron chi connectivity index (χ0n) is 15.6. The molecule has 0 aliphatic rings. The van der Waals surface area contributed by atoms with Crippen LogP contribution in [0.5, 0.6) is 0 Å². The zero-order chi connectivity index (χ0) is 20.1. The molecule has 3 rings (SSSR count). The van der Waals surface area contributed by atoms with E-state index in [1.807, 2.05) is 32.0 Å². The van der Waals surface area contributed by atoms with Gasteiger partial charge in [-0.15, -0.1) is 0 Å². The van der Waals surface area contributed by atoms with Gasteiger partial charge in [-0.1, -0.05) is 30.3 Å². The minimum atomic E-state index is -0.744. The van der Waals surface area contributed by atoms with E-state index in [2.05, 4.69) is 10.6 Å². The summed E-state index contributed by atoms with van der Waals surface area (Å²) in [5, 5.41) is 5.91. The zero-order valence-corrected chi connectivity index (χ0v) is 15.6. The van der Waals surface area contributed by atoms with E-state index in [4.69, 9.17) is 9.15 Å². The van der Waals surface area contributed by atoms with Crippen molar-refractivity contribution < 1.29 is 23.5 Å². The lowest BCUT2D eigenvalue weighted by Crippen LogP contribution is -2.35. The van der Waals surface area contributed by atoms with Gasteiger partial charge in [0.1, 0.15) is 5.58 Å². The molecule has 0 aliphatic heterocycles. The summed E-state index contributed by atoms with van der Waals surface area (Å²) in [6.07, 6.45) is 0. The monoisotopic (exact) mass is 380 g/mol. The van der Waals surface area contributed by atoms with Crippen molar-refractivity contribution in [3.63, 3.8) is 0 Å². The lowest BCUT2D eigenvalue weighted by Gasteiger charge is -2.11. The minimum Gasteiger partial charge on any atom is -0.450 e. The van der Waals surface area contributed by atoms with Crippen LogP contribution in [0.3, 0.4) is 0 Å². The summed E-state index contributed by atoms with van der Waals surface area (Å²) in [5.41, 5.74) is 3.26. The molecule has 7 nitrogen and oxygen atoms in total. The Labute approximate surface area is 161 Å². The van der Waals surface area contributed by atoms with E-state index in [-0.39, 0.29) is 18.2 Å². The normalized spacial score (nSPS) is 10.5. The fourth-order valence-electron chi connectivity index (χ4n) is 2.60. The number of aryl methyl sites for hydroxylation is 1. The van der Waals surface area contributed by atoms with Gasteiger partial charge in [-0.25, -0.2) is 4.79 Å². The molecule has 0 saturated carbocycles. The first-order valence-corrected chi connectivity index (χ1v) is 8.72. The fourth-order valence-corrected chi connectivity index (χ4v) is 2.60. The average Bonchev–Trinajstić information content (AvgIpc) is 3.12. The number of ether oxygens (including phenoxy) is 1. The second-order valence-corrected chi connectivity index (χ2v) is 6.30. The summed E-state index contributed by atoms with van der Waals surface area (Å²) >= 11 is 0. The van der Waals surface area contributed by atoms with Crippen molar-refractivity contribution >= 4 is 34.4 Å². The Morgan fingerprint density at radius 1 is 1.00 bits per heavy atom. The van der Waals surface area contributed by atoms with Crippen LogP contribution in [0.4, 0.5) is 5.69 Å². The molecule has 0 spiro atoms. The number of amides is 2. The van der Waals surface area contributed by atoms with Crippen LogP contribution in [0.25, 0.3) is 11.0 Å². The van der Waals surface area contributed by atoms with Gasteiger partial charge in [-0.05, 0) is 43.2 Å². The molecule has 0 radical (unpaired) electrons. The number of para-hydroxylation sites is 1. The van der Waals surface area contributed by atoms with E-state index in [9.17, 15) is 14.4 Å². The van der Waals surface area contributed by atoms with Crippen LogP contribution in [0.2, 0.25) is 0 Å². The van der Waals surface area contributed by atoms with Crippen molar-refractivity contribution in [3.05, 3.63) is 65.4 Å². The van der Waals surface area contributed by atoms with Gasteiger partial charge >= 0.3 is 5.97 Å². The first kappa shape index (κ1) is 19.2. The van der Waals surface area contributed by atoms with Crippen LogP contribution >= 0.6 is 0 Å². The smallest absolute Gasteiger partial charge is 0.374 e. The van der Waals surface area contributed by atoms with Crippen LogP contribution in [-0.4, -0.2) is 30.9 Å². The molecule has 28 heavy (non-hydrogen) atoms. The van der Waals surface area contributed by atoms with Gasteiger partial charge in [0.15, 0.2) is 6.61 Å². The molecule has 2 N–H and O–H groups in total. The molecule has 2 aromatic carbocycles. The van der Waals surface area contributed by atoms with Gasteiger partial charge in [-0.2, -0.15) is 0 Å². The number of carbonyl (C=O) groups is 3. The summed E-state index contributed by atoms with van der Waals surface area (Å²) in [5.74, 6) is -1.68. The molecule has 2 amide bonds. The van der Waals surface area contributed by atoms with E-state index >= 15 is 0 Å². The molecule has 0 atom stereocenters. The fraction of sp³-hybridized carbons (Fsp3) is 0.190. The SMILES string of the molecule is Cc1cccc(NC(=O)CNC(=O)COC(=O)c2cc3ccccc3o2)c1C. The van der Waals surface area contributed by atoms with Gasteiger partial charge in [-0.3, -0.25) is 9.59 Å². The average molecular weight is 380 g/mol. The maximum Gasteiger partial charge on any atom is 0.374 e. The van der Waals surface area contributed by atoms with E-state index in [0.717, 1.165) is 16.5 Å². The Balaban J connectivity index is 1.45. The predicted molar refractivity (Wildman–Crippen MR) is 104 cm³/mol. The molecule has 0 bridgehead atoms. The van der Waals surface area contributed by atoms with Crippen molar-refractivity contribution in [2.45, 2.75) is 13.8 Å². The van der Waals surface area contributed by atoms with E-state index in [1.54, 1.807) is 30.3 Å². The Morgan fingerprint density at radius 2 is 1.79 bits per heavy atom. The van der Waals surface area contributed by atoms with Crippen LogP contribution in [-0.2, 0) is 14.3 Å². The van der Waals surface area contributed by atoms with Crippen molar-refractivity contribution in [3.8, 4) is 0 Å². The Bertz CT molecular complexity index is 1010. The Morgan fingerprint density at radius 3 is 2.57 bits per heavy atom. The van der Waals surface area contributed by atoms with Gasteiger partial charge in [0.25, 0.3) is 5.91 Å². The number of nitrogens with one attached hydrogen (secondary N) is 2. The lowest BCUT2D eigenvalue weighted by molar-refractivity contribution is -0.126. The third kappa shape index (κ3) is 4.56. The highest BCUT2D eigenvalue weighted by Crippen LogP contribution is 2.19. The van der Waals surface area contributed by atoms with Crippen LogP contribution < -0.4 is 10.6 Å². The number of furan rings is 1. The third-order valence-electron chi connectivity index (χ3n) is 4.29. The van der Waals surface area contributed by atoms with Gasteiger partial charge in [0.2, 0.25) is 11.7 Å². The Hall–Kier alpha value is -3.61. The van der Waals surface area contributed by atoms with Gasteiger partial charge < -0.3 is 19.8 Å². The molecule has 0 aliphatic carbocycles. The maximum atomic E-state index is 12.0. The van der Waals surface area contributed by atoms with E-state index < -0.39 is 18.5 Å². The molecular weight excluding hydrogens is 360 g/mol. The highest BCUT2D eigenvalue weighted by Gasteiger charge is 2.16. The molecular formula is C21H20N2O5. The molecule has 3 aromatic rings. The number of fused-ring (bicyclic) bond motifs is 1. The summed E-state index contributed by atoms with van der Waals surface area (Å²) in [6, 6.07) is 14.3. The first-order valence-electron chi connectivity index (χ1n) is 8.72. The highest BCUT2D eigenvalue weighted by atomic mass is 16.5. The number of rotatable bonds is 6. The predicted octanol–water partition coefficient (Wildman–Crippen LogP) is 2.96. The standard InChI is InChI=1S/C21H20N2O5/c1-13-6-5-8-16(14(13)2)23-19(24)11-22-20(25)12-27-21(26)18-10-15-7-3-4-9-17(15)28-18/h3-10H,11-12H2,1-2H3,(H,22,25)(H,23,24). The van der Waals surface area contributed by atoms with Crippen molar-refractivity contribution in [2.75, 3.05) is 18.5 Å². The molecule has 144 valence electrons. The number of esters is 1. The van der Waals surface area contributed by atoms with Crippen LogP contribution in [0, 0.1) is 13.8 Å². The first-order chi connectivity index (χ1) is 13.4. The summed E-state index contributed by atoms with van der Waals surface area (Å²) in [4.78, 5) is 35.8. The maximum absolute atomic E-state index is 12.0. The van der Waals surface area contributed by atoms with Crippen molar-refractivity contribution in [1.29, 1.82) is 0 Å². The van der Waals surface area contributed by atoms with E-state index in [1.165, 1.54) is 0 Å². The van der Waals surface area contributed by atoms with Gasteiger partial charge in [0, 0.05) is 11.1 Å². The summed E-state index contributed by atoms with van der Waals surface area (Å²) in [7, 11) is 0. The molecule has 1 aromatic heterocycles. The second-order valence-electron chi connectivity index (χ2n) is 6.30. The van der Waals surface area contributed by atoms with E-state index in [0.29, 0.717) is 11.3 Å². The molecule has 0 saturated heterocycles. The van der Waals surface area contributed by atoms with Gasteiger partial charge in [0.05, 0.1) is 6.54 Å². The molecule has 1 heterocycles. The van der Waals surface area contributed by atoms with Crippen LogP contribution in [0.15, 0.2) is 52.9 Å². The number of carbonyl (C=O) groups excluding carboxylic acids is 3. The number of benzene rings is 2. The second kappa shape index (κ2) is 8.39. The highest BCUT2D eigenvalue weighted by molar-refractivity contribution is 5.96. The number of hydrogen-bond donors (Lipinski definition) is 2. The quantitative estimate of drug-likeness (QED) is 0.641. The van der Waals surface area contributed by atoms with Crippen molar-refractivity contribution in [1.82, 2.24) is 5.32 Å². The number of hydrogen-bond acceptors (Lipinski definition) is 5. The Kier molecular flexibility index (Phi) is 5.74. The lowest BCUT2D eigenvalue weighted by atomic mass is 10.1. The molecule has 0 unspecified atom stereocenters. The van der Waals surface area contributed by atoms with Crippen LogP contribution in [0.1, 0.15) is 21.7 Å². The van der Waals surface area contributed by atoms with Crippen molar-refractivity contribution in [2.24, 2.45) is 0 Å². The number of anilines is 1. The third-order valence-corrected chi connectivity index (χ3v) is 4.29. The summed E-state index contributed by atoms with van der Waals surface area (Å²) in [6.45, 7) is 3.12. The molecule has 7 heteroatoms. The molecule has 0 fully saturated rings.